The van der Waals surface area contributed by atoms with Crippen LogP contribution in [0.4, 0.5) is 0 Å². The Balaban J connectivity index is 2.13. The number of hydrogen-bond donors (Lipinski definition) is 2. The molecular weight excluding hydrogens is 268 g/mol. The molecule has 1 aromatic rings. The number of aliphatic carboxylic acids is 1. The van der Waals surface area contributed by atoms with Gasteiger partial charge in [-0.2, -0.15) is 0 Å². The molecule has 0 radical (unpaired) electrons. The summed E-state index contributed by atoms with van der Waals surface area (Å²) in [5, 5.41) is 9.52. The van der Waals surface area contributed by atoms with E-state index < -0.39 is 17.6 Å². The highest BCUT2D eigenvalue weighted by Crippen LogP contribution is 2.33. The van der Waals surface area contributed by atoms with Gasteiger partial charge in [-0.05, 0) is 31.2 Å². The SMILES string of the molecule is CCC1(C(=O)O)CCCN1C(=O)[C@H](N)Cc1ccccc1. The summed E-state index contributed by atoms with van der Waals surface area (Å²) in [6, 6.07) is 8.84. The lowest BCUT2D eigenvalue weighted by molar-refractivity contribution is -0.157. The number of nitrogens with two attached hydrogens (primary N) is 1. The Morgan fingerprint density at radius 2 is 2.05 bits per heavy atom. The molecule has 21 heavy (non-hydrogen) atoms. The summed E-state index contributed by atoms with van der Waals surface area (Å²) in [5.74, 6) is -1.19. The van der Waals surface area contributed by atoms with Crippen molar-refractivity contribution in [2.75, 3.05) is 6.54 Å². The molecule has 1 aliphatic rings. The molecule has 2 atom stereocenters. The van der Waals surface area contributed by atoms with Crippen LogP contribution < -0.4 is 5.73 Å². The van der Waals surface area contributed by atoms with Crippen LogP contribution in [-0.4, -0.2) is 40.0 Å². The van der Waals surface area contributed by atoms with Crippen molar-refractivity contribution in [2.45, 2.75) is 44.2 Å². The summed E-state index contributed by atoms with van der Waals surface area (Å²) in [4.78, 5) is 25.7. The minimum absolute atomic E-state index is 0.263. The fourth-order valence-electron chi connectivity index (χ4n) is 3.10. The maximum Gasteiger partial charge on any atom is 0.329 e. The van der Waals surface area contributed by atoms with Crippen molar-refractivity contribution < 1.29 is 14.7 Å². The number of hydrogen-bond acceptors (Lipinski definition) is 3. The molecule has 0 bridgehead atoms. The van der Waals surface area contributed by atoms with Gasteiger partial charge in [0.2, 0.25) is 5.91 Å². The van der Waals surface area contributed by atoms with Gasteiger partial charge in [-0.3, -0.25) is 4.79 Å². The normalized spacial score (nSPS) is 23.0. The average Bonchev–Trinajstić information content (AvgIpc) is 2.92. The first kappa shape index (κ1) is 15.5. The molecule has 0 aromatic heterocycles. The molecule has 1 unspecified atom stereocenters. The topological polar surface area (TPSA) is 83.6 Å². The van der Waals surface area contributed by atoms with Gasteiger partial charge in [-0.25, -0.2) is 4.79 Å². The van der Waals surface area contributed by atoms with Gasteiger partial charge in [0, 0.05) is 6.54 Å². The van der Waals surface area contributed by atoms with Crippen LogP contribution in [0.25, 0.3) is 0 Å². The summed E-state index contributed by atoms with van der Waals surface area (Å²) in [6.07, 6.45) is 2.05. The van der Waals surface area contributed by atoms with E-state index in [0.29, 0.717) is 32.2 Å². The van der Waals surface area contributed by atoms with Crippen LogP contribution in [0.2, 0.25) is 0 Å². The zero-order valence-corrected chi connectivity index (χ0v) is 12.3. The van der Waals surface area contributed by atoms with Gasteiger partial charge in [0.05, 0.1) is 6.04 Å². The van der Waals surface area contributed by atoms with E-state index in [1.807, 2.05) is 37.3 Å². The van der Waals surface area contributed by atoms with Gasteiger partial charge in [-0.15, -0.1) is 0 Å². The molecule has 5 nitrogen and oxygen atoms in total. The molecule has 2 rings (SSSR count). The number of carboxylic acids is 1. The van der Waals surface area contributed by atoms with E-state index in [1.54, 1.807) is 0 Å². The Bertz CT molecular complexity index is 518. The van der Waals surface area contributed by atoms with Crippen molar-refractivity contribution in [3.63, 3.8) is 0 Å². The van der Waals surface area contributed by atoms with E-state index in [-0.39, 0.29) is 5.91 Å². The number of benzene rings is 1. The summed E-state index contributed by atoms with van der Waals surface area (Å²) < 4.78 is 0. The Labute approximate surface area is 124 Å². The van der Waals surface area contributed by atoms with Crippen molar-refractivity contribution in [1.82, 2.24) is 4.90 Å². The maximum absolute atomic E-state index is 12.6. The fraction of sp³-hybridized carbons (Fsp3) is 0.500. The molecule has 1 heterocycles. The first-order valence-electron chi connectivity index (χ1n) is 7.35. The number of carboxylic acid groups (broad SMARTS) is 1. The van der Waals surface area contributed by atoms with Gasteiger partial charge in [0.15, 0.2) is 0 Å². The second-order valence-electron chi connectivity index (χ2n) is 5.58. The molecule has 0 saturated carbocycles. The molecule has 5 heteroatoms. The number of likely N-dealkylation sites (tertiary alicyclic amines) is 1. The molecule has 3 N–H and O–H groups in total. The molecular formula is C16H22N2O3. The average molecular weight is 290 g/mol. The zero-order chi connectivity index (χ0) is 15.5. The van der Waals surface area contributed by atoms with Crippen LogP contribution >= 0.6 is 0 Å². The minimum Gasteiger partial charge on any atom is -0.479 e. The Morgan fingerprint density at radius 1 is 1.38 bits per heavy atom. The standard InChI is InChI=1S/C16H22N2O3/c1-2-16(15(20)21)9-6-10-18(16)14(19)13(17)11-12-7-4-3-5-8-12/h3-5,7-8,13H,2,6,9-11,17H2,1H3,(H,20,21)/t13-,16?/m1/s1. The number of amides is 1. The number of rotatable bonds is 5. The lowest BCUT2D eigenvalue weighted by Gasteiger charge is -2.35. The van der Waals surface area contributed by atoms with Crippen LogP contribution in [0.3, 0.4) is 0 Å². The van der Waals surface area contributed by atoms with Crippen LogP contribution in [0, 0.1) is 0 Å². The minimum atomic E-state index is -1.08. The third kappa shape index (κ3) is 2.93. The smallest absolute Gasteiger partial charge is 0.329 e. The van der Waals surface area contributed by atoms with Crippen molar-refractivity contribution in [2.24, 2.45) is 5.73 Å². The Kier molecular flexibility index (Phi) is 4.63. The van der Waals surface area contributed by atoms with Gasteiger partial charge in [0.25, 0.3) is 0 Å². The van der Waals surface area contributed by atoms with Crippen LogP contribution in [0.1, 0.15) is 31.7 Å². The molecule has 1 amide bonds. The largest absolute Gasteiger partial charge is 0.479 e. The monoisotopic (exact) mass is 290 g/mol. The molecule has 0 spiro atoms. The van der Waals surface area contributed by atoms with E-state index in [1.165, 1.54) is 4.90 Å². The predicted octanol–water partition coefficient (Wildman–Crippen LogP) is 1.41. The van der Waals surface area contributed by atoms with Crippen LogP contribution in [0.5, 0.6) is 0 Å². The highest BCUT2D eigenvalue weighted by Gasteiger charge is 2.49. The van der Waals surface area contributed by atoms with Crippen LogP contribution in [-0.2, 0) is 16.0 Å². The maximum atomic E-state index is 12.6. The van der Waals surface area contributed by atoms with E-state index in [0.717, 1.165) is 5.56 Å². The molecule has 1 aliphatic heterocycles. The van der Waals surface area contributed by atoms with Gasteiger partial charge in [-0.1, -0.05) is 37.3 Å². The highest BCUT2D eigenvalue weighted by molar-refractivity contribution is 5.90. The molecule has 0 aliphatic carbocycles. The van der Waals surface area contributed by atoms with Gasteiger partial charge < -0.3 is 15.7 Å². The zero-order valence-electron chi connectivity index (χ0n) is 12.3. The van der Waals surface area contributed by atoms with Gasteiger partial charge >= 0.3 is 5.97 Å². The van der Waals surface area contributed by atoms with E-state index >= 15 is 0 Å². The molecule has 1 fully saturated rings. The molecule has 1 aromatic carbocycles. The van der Waals surface area contributed by atoms with E-state index in [4.69, 9.17) is 5.73 Å². The summed E-state index contributed by atoms with van der Waals surface area (Å²) in [7, 11) is 0. The summed E-state index contributed by atoms with van der Waals surface area (Å²) in [6.45, 7) is 2.28. The predicted molar refractivity (Wildman–Crippen MR) is 79.7 cm³/mol. The lowest BCUT2D eigenvalue weighted by atomic mass is 9.92. The number of carbonyl (C=O) groups excluding carboxylic acids is 1. The number of nitrogens with zero attached hydrogens (tertiary/aromatic N) is 1. The second-order valence-corrected chi connectivity index (χ2v) is 5.58. The third-order valence-electron chi connectivity index (χ3n) is 4.35. The quantitative estimate of drug-likeness (QED) is 0.859. The molecule has 114 valence electrons. The van der Waals surface area contributed by atoms with Crippen molar-refractivity contribution in [3.8, 4) is 0 Å². The Morgan fingerprint density at radius 3 is 2.62 bits per heavy atom. The summed E-state index contributed by atoms with van der Waals surface area (Å²) >= 11 is 0. The third-order valence-corrected chi connectivity index (χ3v) is 4.35. The lowest BCUT2D eigenvalue weighted by Crippen LogP contribution is -2.57. The molecule has 1 saturated heterocycles. The first-order chi connectivity index (χ1) is 10.0. The van der Waals surface area contributed by atoms with Crippen molar-refractivity contribution >= 4 is 11.9 Å². The fourth-order valence-corrected chi connectivity index (χ4v) is 3.10. The highest BCUT2D eigenvalue weighted by atomic mass is 16.4. The van der Waals surface area contributed by atoms with Gasteiger partial charge in [0.1, 0.15) is 5.54 Å². The van der Waals surface area contributed by atoms with Crippen molar-refractivity contribution in [3.05, 3.63) is 35.9 Å². The van der Waals surface area contributed by atoms with Crippen LogP contribution in [0.15, 0.2) is 30.3 Å². The summed E-state index contributed by atoms with van der Waals surface area (Å²) in [5.41, 5.74) is 5.92. The first-order valence-corrected chi connectivity index (χ1v) is 7.35. The number of carbonyl (C=O) groups is 2. The second kappa shape index (κ2) is 6.26. The van der Waals surface area contributed by atoms with E-state index in [2.05, 4.69) is 0 Å². The Hall–Kier alpha value is -1.88. The van der Waals surface area contributed by atoms with E-state index in [9.17, 15) is 14.7 Å². The van der Waals surface area contributed by atoms with Crippen molar-refractivity contribution in [1.29, 1.82) is 0 Å².